The lowest BCUT2D eigenvalue weighted by Gasteiger charge is -2.10. The summed E-state index contributed by atoms with van der Waals surface area (Å²) in [6, 6.07) is 9.34. The Morgan fingerprint density at radius 3 is 2.38 bits per heavy atom. The topological polar surface area (TPSA) is 54.4 Å². The monoisotopic (exact) mass is 284 g/mol. The van der Waals surface area contributed by atoms with Crippen molar-refractivity contribution >= 4 is 27.7 Å². The van der Waals surface area contributed by atoms with Crippen molar-refractivity contribution < 1.29 is 14.7 Å². The fourth-order valence-electron chi connectivity index (χ4n) is 1.47. The van der Waals surface area contributed by atoms with Gasteiger partial charge in [-0.3, -0.25) is 9.59 Å². The lowest BCUT2D eigenvalue weighted by Crippen LogP contribution is -2.20. The molecule has 1 aromatic rings. The van der Waals surface area contributed by atoms with Crippen LogP contribution >= 0.6 is 15.9 Å². The molecule has 0 fully saturated rings. The second kappa shape index (κ2) is 6.43. The van der Waals surface area contributed by atoms with Crippen LogP contribution in [0.4, 0.5) is 0 Å². The summed E-state index contributed by atoms with van der Waals surface area (Å²) in [4.78, 5) is 22.2. The van der Waals surface area contributed by atoms with Crippen LogP contribution in [0, 0.1) is 5.92 Å². The maximum atomic E-state index is 11.2. The molecule has 0 amide bonds. The average Bonchev–Trinajstić information content (AvgIpc) is 2.29. The molecule has 0 aliphatic heterocycles. The molecule has 86 valence electrons. The molecule has 0 bridgehead atoms. The molecule has 1 atom stereocenters. The minimum atomic E-state index is -0.918. The van der Waals surface area contributed by atoms with Gasteiger partial charge in [0.15, 0.2) is 0 Å². The Hall–Kier alpha value is -1.16. The number of rotatable bonds is 6. The Labute approximate surface area is 103 Å². The second-order valence-corrected chi connectivity index (χ2v) is 4.16. The molecule has 0 unspecified atom stereocenters. The first-order valence-corrected chi connectivity index (χ1v) is 6.10. The summed E-state index contributed by atoms with van der Waals surface area (Å²) in [7, 11) is 0. The van der Waals surface area contributed by atoms with Gasteiger partial charge >= 0.3 is 5.97 Å². The molecule has 0 spiro atoms. The van der Waals surface area contributed by atoms with Crippen molar-refractivity contribution in [3.63, 3.8) is 0 Å². The van der Waals surface area contributed by atoms with E-state index in [0.29, 0.717) is 6.42 Å². The number of hydrogen-bond acceptors (Lipinski definition) is 2. The third-order valence-electron chi connectivity index (χ3n) is 2.30. The largest absolute Gasteiger partial charge is 0.481 e. The number of aliphatic carboxylic acids is 1. The highest BCUT2D eigenvalue weighted by Gasteiger charge is 2.20. The molecule has 0 aromatic heterocycles. The summed E-state index contributed by atoms with van der Waals surface area (Å²) < 4.78 is 0. The third-order valence-corrected chi connectivity index (χ3v) is 2.92. The number of benzene rings is 1. The van der Waals surface area contributed by atoms with Crippen LogP contribution in [-0.4, -0.2) is 22.2 Å². The molecule has 0 radical (unpaired) electrons. The van der Waals surface area contributed by atoms with Crippen molar-refractivity contribution in [2.45, 2.75) is 12.8 Å². The van der Waals surface area contributed by atoms with Gasteiger partial charge in [-0.1, -0.05) is 46.3 Å². The molecule has 0 saturated heterocycles. The van der Waals surface area contributed by atoms with E-state index in [2.05, 4.69) is 15.9 Å². The molecule has 4 heteroatoms. The SMILES string of the molecule is O=C(CBr)C[C@H](Cc1ccccc1)C(=O)O. The van der Waals surface area contributed by atoms with Crippen LogP contribution in [0.5, 0.6) is 0 Å². The highest BCUT2D eigenvalue weighted by atomic mass is 79.9. The van der Waals surface area contributed by atoms with Crippen LogP contribution in [0.3, 0.4) is 0 Å². The standard InChI is InChI=1S/C12H13BrO3/c13-8-11(14)7-10(12(15)16)6-9-4-2-1-3-5-9/h1-5,10H,6-8H2,(H,15,16)/t10-/m0/s1. The summed E-state index contributed by atoms with van der Waals surface area (Å²) in [5.74, 6) is -1.63. The van der Waals surface area contributed by atoms with Gasteiger partial charge in [0.25, 0.3) is 0 Å². The summed E-state index contributed by atoms with van der Waals surface area (Å²) in [5.41, 5.74) is 0.942. The number of carboxylic acids is 1. The molecule has 0 heterocycles. The van der Waals surface area contributed by atoms with Crippen LogP contribution in [0.1, 0.15) is 12.0 Å². The van der Waals surface area contributed by atoms with Crippen molar-refractivity contribution in [3.8, 4) is 0 Å². The number of ketones is 1. The quantitative estimate of drug-likeness (QED) is 0.816. The fourth-order valence-corrected chi connectivity index (χ4v) is 1.70. The highest BCUT2D eigenvalue weighted by molar-refractivity contribution is 9.09. The zero-order chi connectivity index (χ0) is 12.0. The Bertz CT molecular complexity index is 362. The number of carboxylic acid groups (broad SMARTS) is 1. The lowest BCUT2D eigenvalue weighted by molar-refractivity contribution is -0.143. The third kappa shape index (κ3) is 4.14. The highest BCUT2D eigenvalue weighted by Crippen LogP contribution is 2.13. The van der Waals surface area contributed by atoms with Crippen molar-refractivity contribution in [2.24, 2.45) is 5.92 Å². The summed E-state index contributed by atoms with van der Waals surface area (Å²) >= 11 is 3.04. The van der Waals surface area contributed by atoms with Crippen molar-refractivity contribution in [2.75, 3.05) is 5.33 Å². The Kier molecular flexibility index (Phi) is 5.19. The number of alkyl halides is 1. The minimum absolute atomic E-state index is 0.0788. The number of carbonyl (C=O) groups is 2. The van der Waals surface area contributed by atoms with Crippen molar-refractivity contribution in [3.05, 3.63) is 35.9 Å². The van der Waals surface area contributed by atoms with Gasteiger partial charge in [-0.2, -0.15) is 0 Å². The van der Waals surface area contributed by atoms with Crippen LogP contribution in [0.15, 0.2) is 30.3 Å². The van der Waals surface area contributed by atoms with Gasteiger partial charge in [-0.25, -0.2) is 0 Å². The number of hydrogen-bond donors (Lipinski definition) is 1. The van der Waals surface area contributed by atoms with Gasteiger partial charge < -0.3 is 5.11 Å². The zero-order valence-electron chi connectivity index (χ0n) is 8.73. The molecule has 0 aliphatic rings. The first kappa shape index (κ1) is 12.9. The van der Waals surface area contributed by atoms with Gasteiger partial charge in [-0.15, -0.1) is 0 Å². The maximum Gasteiger partial charge on any atom is 0.307 e. The van der Waals surface area contributed by atoms with E-state index in [1.807, 2.05) is 30.3 Å². The number of carbonyl (C=O) groups excluding carboxylic acids is 1. The van der Waals surface area contributed by atoms with E-state index in [0.717, 1.165) is 5.56 Å². The van der Waals surface area contributed by atoms with Crippen LogP contribution < -0.4 is 0 Å². The van der Waals surface area contributed by atoms with Crippen molar-refractivity contribution in [1.29, 1.82) is 0 Å². The molecule has 3 nitrogen and oxygen atoms in total. The Morgan fingerprint density at radius 1 is 1.25 bits per heavy atom. The minimum Gasteiger partial charge on any atom is -0.481 e. The predicted molar refractivity (Wildman–Crippen MR) is 64.7 cm³/mol. The molecule has 16 heavy (non-hydrogen) atoms. The average molecular weight is 285 g/mol. The normalized spacial score (nSPS) is 12.1. The lowest BCUT2D eigenvalue weighted by atomic mass is 9.95. The van der Waals surface area contributed by atoms with Gasteiger partial charge in [-0.05, 0) is 12.0 Å². The van der Waals surface area contributed by atoms with E-state index >= 15 is 0 Å². The predicted octanol–water partition coefficient (Wildman–Crippen LogP) is 2.28. The van der Waals surface area contributed by atoms with Gasteiger partial charge in [0.05, 0.1) is 11.2 Å². The molecular formula is C12H13BrO3. The second-order valence-electron chi connectivity index (χ2n) is 3.60. The zero-order valence-corrected chi connectivity index (χ0v) is 10.3. The van der Waals surface area contributed by atoms with Crippen LogP contribution in [0.2, 0.25) is 0 Å². The van der Waals surface area contributed by atoms with Crippen LogP contribution in [0.25, 0.3) is 0 Å². The van der Waals surface area contributed by atoms with Gasteiger partial charge in [0, 0.05) is 6.42 Å². The van der Waals surface area contributed by atoms with Crippen LogP contribution in [-0.2, 0) is 16.0 Å². The summed E-state index contributed by atoms with van der Waals surface area (Å²) in [6.45, 7) is 0. The fraction of sp³-hybridized carbons (Fsp3) is 0.333. The van der Waals surface area contributed by atoms with E-state index in [1.54, 1.807) is 0 Å². The molecule has 1 N–H and O–H groups in total. The first-order valence-electron chi connectivity index (χ1n) is 4.98. The first-order chi connectivity index (χ1) is 7.63. The molecule has 0 saturated carbocycles. The molecule has 0 aliphatic carbocycles. The van der Waals surface area contributed by atoms with E-state index in [9.17, 15) is 9.59 Å². The number of halogens is 1. The number of Topliss-reactive ketones (excluding diaryl/α,β-unsaturated/α-hetero) is 1. The summed E-state index contributed by atoms with van der Waals surface area (Å²) in [5, 5.41) is 9.23. The Morgan fingerprint density at radius 2 is 1.88 bits per heavy atom. The molecule has 1 aromatic carbocycles. The molecular weight excluding hydrogens is 272 g/mol. The van der Waals surface area contributed by atoms with Crippen molar-refractivity contribution in [1.82, 2.24) is 0 Å². The van der Waals surface area contributed by atoms with Gasteiger partial charge in [0.1, 0.15) is 5.78 Å². The van der Waals surface area contributed by atoms with E-state index in [4.69, 9.17) is 5.11 Å². The van der Waals surface area contributed by atoms with E-state index in [1.165, 1.54) is 0 Å². The van der Waals surface area contributed by atoms with E-state index < -0.39 is 11.9 Å². The van der Waals surface area contributed by atoms with E-state index in [-0.39, 0.29) is 17.5 Å². The Balaban J connectivity index is 2.65. The smallest absolute Gasteiger partial charge is 0.307 e. The summed E-state index contributed by atoms with van der Waals surface area (Å²) in [6.07, 6.45) is 0.477. The molecule has 1 rings (SSSR count). The van der Waals surface area contributed by atoms with Gasteiger partial charge in [0.2, 0.25) is 0 Å². The maximum absolute atomic E-state index is 11.2.